The number of nitrogens with zero attached hydrogens (tertiary/aromatic N) is 3. The molecule has 2 N–H and O–H groups in total. The molecule has 0 saturated carbocycles. The van der Waals surface area contributed by atoms with E-state index in [9.17, 15) is 0 Å². The Morgan fingerprint density at radius 3 is 2.77 bits per heavy atom. The van der Waals surface area contributed by atoms with Crippen molar-refractivity contribution in [2.75, 3.05) is 36.9 Å². The van der Waals surface area contributed by atoms with Crippen molar-refractivity contribution in [1.82, 2.24) is 9.97 Å². The van der Waals surface area contributed by atoms with Crippen molar-refractivity contribution in [1.29, 1.82) is 0 Å². The lowest BCUT2D eigenvalue weighted by Gasteiger charge is -2.27. The molecule has 5 nitrogen and oxygen atoms in total. The van der Waals surface area contributed by atoms with Crippen molar-refractivity contribution in [2.24, 2.45) is 0 Å². The van der Waals surface area contributed by atoms with Gasteiger partial charge in [-0.15, -0.1) is 0 Å². The lowest BCUT2D eigenvalue weighted by Crippen LogP contribution is -2.36. The first-order valence-electron chi connectivity index (χ1n) is 4.26. The highest BCUT2D eigenvalue weighted by atomic mass is 16.5. The second-order valence-electron chi connectivity index (χ2n) is 2.90. The number of rotatable bonds is 1. The third-order valence-corrected chi connectivity index (χ3v) is 2.01. The van der Waals surface area contributed by atoms with E-state index in [4.69, 9.17) is 10.5 Å². The number of nitrogen functional groups attached to an aromatic ring is 1. The number of hydrogen-bond acceptors (Lipinski definition) is 5. The van der Waals surface area contributed by atoms with Crippen LogP contribution in [-0.4, -0.2) is 36.3 Å². The second-order valence-corrected chi connectivity index (χ2v) is 2.90. The fourth-order valence-electron chi connectivity index (χ4n) is 1.33. The first-order chi connectivity index (χ1) is 6.36. The molecular formula is C8H12N4O. The third-order valence-electron chi connectivity index (χ3n) is 2.01. The van der Waals surface area contributed by atoms with Gasteiger partial charge >= 0.3 is 0 Å². The summed E-state index contributed by atoms with van der Waals surface area (Å²) in [6.45, 7) is 3.25. The molecule has 13 heavy (non-hydrogen) atoms. The highest BCUT2D eigenvalue weighted by Gasteiger charge is 2.11. The predicted octanol–water partition coefficient (Wildman–Crippen LogP) is -0.105. The third kappa shape index (κ3) is 1.86. The van der Waals surface area contributed by atoms with Crippen LogP contribution in [0.2, 0.25) is 0 Å². The average molecular weight is 180 g/mol. The minimum Gasteiger partial charge on any atom is -0.384 e. The standard InChI is InChI=1S/C8H12N4O/c9-7-5-8(11-6-10-7)12-1-3-13-4-2-12/h5-6H,1-4H2,(H2,9,10,11). The topological polar surface area (TPSA) is 64.3 Å². The highest BCUT2D eigenvalue weighted by molar-refractivity contribution is 5.45. The van der Waals surface area contributed by atoms with Crippen LogP contribution in [0, 0.1) is 0 Å². The number of hydrogen-bond donors (Lipinski definition) is 1. The fraction of sp³-hybridized carbons (Fsp3) is 0.500. The van der Waals surface area contributed by atoms with Gasteiger partial charge < -0.3 is 15.4 Å². The molecule has 1 fully saturated rings. The first kappa shape index (κ1) is 8.25. The van der Waals surface area contributed by atoms with Gasteiger partial charge in [-0.1, -0.05) is 0 Å². The molecule has 0 aliphatic carbocycles. The molecule has 1 aliphatic heterocycles. The zero-order valence-corrected chi connectivity index (χ0v) is 7.31. The SMILES string of the molecule is Nc1cc(N2CCOCC2)ncn1. The van der Waals surface area contributed by atoms with Gasteiger partial charge in [0.1, 0.15) is 18.0 Å². The Labute approximate surface area is 76.5 Å². The van der Waals surface area contributed by atoms with Crippen LogP contribution in [0.25, 0.3) is 0 Å². The molecule has 1 aromatic heterocycles. The van der Waals surface area contributed by atoms with Crippen LogP contribution < -0.4 is 10.6 Å². The van der Waals surface area contributed by atoms with Gasteiger partial charge in [-0.2, -0.15) is 0 Å². The molecule has 70 valence electrons. The summed E-state index contributed by atoms with van der Waals surface area (Å²) < 4.78 is 5.24. The fourth-order valence-corrected chi connectivity index (χ4v) is 1.33. The molecule has 0 aromatic carbocycles. The lowest BCUT2D eigenvalue weighted by atomic mass is 10.4. The molecule has 2 heterocycles. The highest BCUT2D eigenvalue weighted by Crippen LogP contribution is 2.12. The lowest BCUT2D eigenvalue weighted by molar-refractivity contribution is 0.122. The average Bonchev–Trinajstić information content (AvgIpc) is 2.19. The maximum atomic E-state index is 5.56. The maximum absolute atomic E-state index is 5.56. The first-order valence-corrected chi connectivity index (χ1v) is 4.26. The molecule has 0 unspecified atom stereocenters. The molecule has 1 aliphatic rings. The van der Waals surface area contributed by atoms with Crippen LogP contribution in [-0.2, 0) is 4.74 Å². The van der Waals surface area contributed by atoms with E-state index >= 15 is 0 Å². The molecule has 0 atom stereocenters. The predicted molar refractivity (Wildman–Crippen MR) is 49.5 cm³/mol. The Morgan fingerprint density at radius 1 is 1.31 bits per heavy atom. The van der Waals surface area contributed by atoms with Crippen molar-refractivity contribution >= 4 is 11.6 Å². The van der Waals surface area contributed by atoms with Crippen LogP contribution in [0.1, 0.15) is 0 Å². The Balaban J connectivity index is 2.14. The number of anilines is 2. The number of nitrogens with two attached hydrogens (primary N) is 1. The zero-order valence-electron chi connectivity index (χ0n) is 7.31. The van der Waals surface area contributed by atoms with E-state index in [2.05, 4.69) is 14.9 Å². The van der Waals surface area contributed by atoms with Gasteiger partial charge in [-0.05, 0) is 0 Å². The Hall–Kier alpha value is -1.36. The summed E-state index contributed by atoms with van der Waals surface area (Å²) in [7, 11) is 0. The number of aromatic nitrogens is 2. The van der Waals surface area contributed by atoms with Crippen molar-refractivity contribution in [3.63, 3.8) is 0 Å². The minimum absolute atomic E-state index is 0.511. The van der Waals surface area contributed by atoms with Crippen LogP contribution in [0.4, 0.5) is 11.6 Å². The van der Waals surface area contributed by atoms with Gasteiger partial charge in [0.25, 0.3) is 0 Å². The van der Waals surface area contributed by atoms with Gasteiger partial charge in [-0.3, -0.25) is 0 Å². The second kappa shape index (κ2) is 3.57. The van der Waals surface area contributed by atoms with Crippen molar-refractivity contribution in [3.05, 3.63) is 12.4 Å². The zero-order chi connectivity index (χ0) is 9.10. The summed E-state index contributed by atoms with van der Waals surface area (Å²) in [6.07, 6.45) is 1.49. The summed E-state index contributed by atoms with van der Waals surface area (Å²) in [6, 6.07) is 1.78. The van der Waals surface area contributed by atoms with Crippen LogP contribution in [0.3, 0.4) is 0 Å². The molecular weight excluding hydrogens is 168 g/mol. The minimum atomic E-state index is 0.511. The van der Waals surface area contributed by atoms with E-state index in [1.165, 1.54) is 6.33 Å². The van der Waals surface area contributed by atoms with Gasteiger partial charge in [0.15, 0.2) is 0 Å². The molecule has 5 heteroatoms. The molecule has 0 radical (unpaired) electrons. The van der Waals surface area contributed by atoms with E-state index in [1.807, 2.05) is 0 Å². The van der Waals surface area contributed by atoms with Crippen LogP contribution in [0.15, 0.2) is 12.4 Å². The molecule has 0 spiro atoms. The maximum Gasteiger partial charge on any atom is 0.134 e. The molecule has 0 bridgehead atoms. The normalized spacial score (nSPS) is 17.4. The smallest absolute Gasteiger partial charge is 0.134 e. The molecule has 1 saturated heterocycles. The monoisotopic (exact) mass is 180 g/mol. The summed E-state index contributed by atoms with van der Waals surface area (Å²) in [5.74, 6) is 1.40. The van der Waals surface area contributed by atoms with Crippen molar-refractivity contribution in [2.45, 2.75) is 0 Å². The van der Waals surface area contributed by atoms with Gasteiger partial charge in [0, 0.05) is 19.2 Å². The number of morpholine rings is 1. The summed E-state index contributed by atoms with van der Waals surface area (Å²) >= 11 is 0. The van der Waals surface area contributed by atoms with Crippen LogP contribution >= 0.6 is 0 Å². The Kier molecular flexibility index (Phi) is 2.27. The number of ether oxygens (including phenoxy) is 1. The van der Waals surface area contributed by atoms with E-state index in [1.54, 1.807) is 6.07 Å². The molecule has 0 amide bonds. The Bertz CT molecular complexity index is 285. The van der Waals surface area contributed by atoms with Crippen LogP contribution in [0.5, 0.6) is 0 Å². The van der Waals surface area contributed by atoms with E-state index in [0.29, 0.717) is 5.82 Å². The van der Waals surface area contributed by atoms with E-state index in [-0.39, 0.29) is 0 Å². The summed E-state index contributed by atoms with van der Waals surface area (Å²) in [4.78, 5) is 10.1. The van der Waals surface area contributed by atoms with E-state index < -0.39 is 0 Å². The molecule has 2 rings (SSSR count). The van der Waals surface area contributed by atoms with Crippen molar-refractivity contribution < 1.29 is 4.74 Å². The largest absolute Gasteiger partial charge is 0.384 e. The Morgan fingerprint density at radius 2 is 2.08 bits per heavy atom. The summed E-state index contributed by atoms with van der Waals surface area (Å²) in [5.41, 5.74) is 5.56. The van der Waals surface area contributed by atoms with Crippen molar-refractivity contribution in [3.8, 4) is 0 Å². The quantitative estimate of drug-likeness (QED) is 0.653. The van der Waals surface area contributed by atoms with E-state index in [0.717, 1.165) is 32.1 Å². The van der Waals surface area contributed by atoms with Gasteiger partial charge in [0.2, 0.25) is 0 Å². The summed E-state index contributed by atoms with van der Waals surface area (Å²) in [5, 5.41) is 0. The van der Waals surface area contributed by atoms with Gasteiger partial charge in [-0.25, -0.2) is 9.97 Å². The van der Waals surface area contributed by atoms with Gasteiger partial charge in [0.05, 0.1) is 13.2 Å². The molecule has 1 aromatic rings.